The smallest absolute Gasteiger partial charge is 0.307 e. The molecule has 2 saturated heterocycles. The molecule has 0 amide bonds. The third-order valence-electron chi connectivity index (χ3n) is 6.66. The molecule has 5 nitrogen and oxygen atoms in total. The summed E-state index contributed by atoms with van der Waals surface area (Å²) in [7, 11) is 0. The van der Waals surface area contributed by atoms with Crippen LogP contribution in [0, 0.1) is 0 Å². The number of carbonyl (C=O) groups excluding carboxylic acids is 1. The normalized spacial score (nSPS) is 18.8. The van der Waals surface area contributed by atoms with Crippen LogP contribution in [0.15, 0.2) is 48.5 Å². The summed E-state index contributed by atoms with van der Waals surface area (Å²) < 4.78 is 5.62. The van der Waals surface area contributed by atoms with Crippen LogP contribution in [-0.4, -0.2) is 67.6 Å². The van der Waals surface area contributed by atoms with E-state index in [9.17, 15) is 4.79 Å². The molecule has 0 aromatic heterocycles. The number of halogens is 2. The Hall–Kier alpha value is -1.79. The number of hydrogen-bond acceptors (Lipinski definition) is 5. The maximum absolute atomic E-state index is 12.7. The minimum atomic E-state index is -0.108. The summed E-state index contributed by atoms with van der Waals surface area (Å²) in [5.74, 6) is -0.108. The van der Waals surface area contributed by atoms with Gasteiger partial charge in [0.15, 0.2) is 0 Å². The van der Waals surface area contributed by atoms with Gasteiger partial charge in [-0.15, -0.1) is 0 Å². The van der Waals surface area contributed by atoms with Crippen molar-refractivity contribution in [3.8, 4) is 0 Å². The average molecular weight is 490 g/mol. The van der Waals surface area contributed by atoms with Gasteiger partial charge in [0.1, 0.15) is 6.61 Å². The van der Waals surface area contributed by atoms with E-state index in [1.807, 2.05) is 48.5 Å². The Bertz CT molecular complexity index is 898. The molecule has 0 N–H and O–H groups in total. The van der Waals surface area contributed by atoms with Crippen molar-refractivity contribution in [1.29, 1.82) is 0 Å². The lowest BCUT2D eigenvalue weighted by atomic mass is 10.0. The summed E-state index contributed by atoms with van der Waals surface area (Å²) in [5.41, 5.74) is 2.14. The number of esters is 1. The number of hydrogen-bond donors (Lipinski definition) is 0. The number of likely N-dealkylation sites (tertiary alicyclic amines) is 1. The van der Waals surface area contributed by atoms with Crippen LogP contribution in [0.25, 0.3) is 0 Å². The average Bonchev–Trinajstić information content (AvgIpc) is 2.86. The fourth-order valence-corrected chi connectivity index (χ4v) is 5.04. The van der Waals surface area contributed by atoms with Gasteiger partial charge in [-0.1, -0.05) is 60.0 Å². The molecule has 2 aliphatic rings. The van der Waals surface area contributed by atoms with Gasteiger partial charge in [-0.3, -0.25) is 14.6 Å². The van der Waals surface area contributed by atoms with Crippen LogP contribution in [0.1, 0.15) is 31.2 Å². The molecule has 1 atom stereocenters. The number of piperidine rings is 1. The highest BCUT2D eigenvalue weighted by molar-refractivity contribution is 6.42. The van der Waals surface area contributed by atoms with Crippen LogP contribution in [0.5, 0.6) is 0 Å². The van der Waals surface area contributed by atoms with Crippen molar-refractivity contribution in [2.75, 3.05) is 50.7 Å². The number of anilines is 1. The molecule has 0 aliphatic carbocycles. The van der Waals surface area contributed by atoms with Gasteiger partial charge in [-0.25, -0.2) is 0 Å². The molecule has 2 aliphatic heterocycles. The van der Waals surface area contributed by atoms with Gasteiger partial charge in [0.2, 0.25) is 0 Å². The third kappa shape index (κ3) is 7.10. The summed E-state index contributed by atoms with van der Waals surface area (Å²) in [6, 6.07) is 15.9. The lowest BCUT2D eigenvalue weighted by molar-refractivity contribution is -0.146. The first-order valence-corrected chi connectivity index (χ1v) is 12.7. The second kappa shape index (κ2) is 12.1. The van der Waals surface area contributed by atoms with Crippen molar-refractivity contribution in [3.63, 3.8) is 0 Å². The molecular formula is C26H33Cl2N3O2. The van der Waals surface area contributed by atoms with E-state index in [0.29, 0.717) is 23.1 Å². The minimum absolute atomic E-state index is 0.108. The van der Waals surface area contributed by atoms with E-state index < -0.39 is 0 Å². The zero-order valence-corrected chi connectivity index (χ0v) is 20.6. The van der Waals surface area contributed by atoms with Gasteiger partial charge in [0.25, 0.3) is 0 Å². The number of nitrogens with zero attached hydrogens (tertiary/aromatic N) is 3. The van der Waals surface area contributed by atoms with Gasteiger partial charge in [0, 0.05) is 44.5 Å². The third-order valence-corrected chi connectivity index (χ3v) is 7.40. The van der Waals surface area contributed by atoms with Gasteiger partial charge in [-0.05, 0) is 49.7 Å². The number of ether oxygens (including phenoxy) is 1. The van der Waals surface area contributed by atoms with Crippen LogP contribution in [0.4, 0.5) is 5.69 Å². The second-order valence-corrected chi connectivity index (χ2v) is 9.80. The van der Waals surface area contributed by atoms with E-state index in [2.05, 4.69) is 14.7 Å². The van der Waals surface area contributed by atoms with Crippen LogP contribution in [0.3, 0.4) is 0 Å². The van der Waals surface area contributed by atoms with E-state index >= 15 is 0 Å². The summed E-state index contributed by atoms with van der Waals surface area (Å²) in [6.45, 7) is 7.17. The molecular weight excluding hydrogens is 457 g/mol. The minimum Gasteiger partial charge on any atom is -0.461 e. The Morgan fingerprint density at radius 2 is 1.61 bits per heavy atom. The van der Waals surface area contributed by atoms with Crippen molar-refractivity contribution in [3.05, 3.63) is 64.1 Å². The van der Waals surface area contributed by atoms with Crippen LogP contribution < -0.4 is 4.90 Å². The van der Waals surface area contributed by atoms with Gasteiger partial charge in [0.05, 0.1) is 16.5 Å². The molecule has 7 heteroatoms. The molecule has 2 aromatic rings. The molecule has 0 bridgehead atoms. The number of carbonyl (C=O) groups is 1. The maximum Gasteiger partial charge on any atom is 0.307 e. The summed E-state index contributed by atoms with van der Waals surface area (Å²) in [4.78, 5) is 20.0. The van der Waals surface area contributed by atoms with Crippen molar-refractivity contribution >= 4 is 34.9 Å². The fraction of sp³-hybridized carbons (Fsp3) is 0.500. The molecule has 2 heterocycles. The van der Waals surface area contributed by atoms with Crippen LogP contribution >= 0.6 is 23.2 Å². The zero-order valence-electron chi connectivity index (χ0n) is 19.1. The Kier molecular flexibility index (Phi) is 8.90. The summed E-state index contributed by atoms with van der Waals surface area (Å²) >= 11 is 12.3. The zero-order chi connectivity index (χ0) is 23.0. The lowest BCUT2D eigenvalue weighted by Gasteiger charge is -2.41. The molecule has 4 rings (SSSR count). The first-order valence-electron chi connectivity index (χ1n) is 11.9. The Morgan fingerprint density at radius 3 is 2.30 bits per heavy atom. The molecule has 0 saturated carbocycles. The monoisotopic (exact) mass is 489 g/mol. The van der Waals surface area contributed by atoms with Crippen molar-refractivity contribution in [1.82, 2.24) is 9.80 Å². The van der Waals surface area contributed by atoms with Crippen molar-refractivity contribution in [2.45, 2.75) is 38.3 Å². The van der Waals surface area contributed by atoms with Crippen LogP contribution in [0.2, 0.25) is 10.0 Å². The first-order chi connectivity index (χ1) is 16.1. The summed E-state index contributed by atoms with van der Waals surface area (Å²) in [5, 5.41) is 1.18. The summed E-state index contributed by atoms with van der Waals surface area (Å²) in [6.07, 6.45) is 4.14. The first kappa shape index (κ1) is 24.3. The Labute approximate surface area is 207 Å². The Balaban J connectivity index is 1.31. The van der Waals surface area contributed by atoms with E-state index in [0.717, 1.165) is 57.1 Å². The van der Waals surface area contributed by atoms with E-state index in [-0.39, 0.29) is 12.0 Å². The predicted molar refractivity (Wildman–Crippen MR) is 135 cm³/mol. The van der Waals surface area contributed by atoms with Gasteiger partial charge < -0.3 is 9.64 Å². The molecule has 0 radical (unpaired) electrons. The van der Waals surface area contributed by atoms with E-state index in [4.69, 9.17) is 27.9 Å². The van der Waals surface area contributed by atoms with Gasteiger partial charge >= 0.3 is 5.97 Å². The Morgan fingerprint density at radius 1 is 0.879 bits per heavy atom. The van der Waals surface area contributed by atoms with Crippen LogP contribution in [-0.2, 0) is 16.1 Å². The largest absolute Gasteiger partial charge is 0.461 e. The van der Waals surface area contributed by atoms with Crippen molar-refractivity contribution in [2.24, 2.45) is 0 Å². The quantitative estimate of drug-likeness (QED) is 0.481. The highest BCUT2D eigenvalue weighted by Crippen LogP contribution is 2.28. The lowest BCUT2D eigenvalue weighted by Crippen LogP contribution is -2.53. The molecule has 178 valence electrons. The molecule has 33 heavy (non-hydrogen) atoms. The number of rotatable bonds is 8. The molecule has 1 unspecified atom stereocenters. The topological polar surface area (TPSA) is 36.0 Å². The second-order valence-electron chi connectivity index (χ2n) is 8.99. The number of piperazine rings is 1. The molecule has 2 aromatic carbocycles. The van der Waals surface area contributed by atoms with Gasteiger partial charge in [-0.2, -0.15) is 0 Å². The fourth-order valence-electron chi connectivity index (χ4n) is 4.75. The maximum atomic E-state index is 12.7. The predicted octanol–water partition coefficient (Wildman–Crippen LogP) is 5.10. The highest BCUT2D eigenvalue weighted by Gasteiger charge is 2.28. The molecule has 0 spiro atoms. The number of benzene rings is 2. The molecule has 2 fully saturated rings. The SMILES string of the molecule is O=C(CC(CN1CCN(c2ccc(Cl)c(Cl)c2)CC1)N1CCCCC1)OCc1ccccc1. The highest BCUT2D eigenvalue weighted by atomic mass is 35.5. The standard InChI is InChI=1S/C26H33Cl2N3O2/c27-24-10-9-22(17-25(24)28)31-15-13-29(14-16-31)19-23(30-11-5-2-6-12-30)18-26(32)33-20-21-7-3-1-4-8-21/h1,3-4,7-10,17,23H,2,5-6,11-16,18-20H2. The van der Waals surface area contributed by atoms with Crippen molar-refractivity contribution < 1.29 is 9.53 Å². The van der Waals surface area contributed by atoms with E-state index in [1.54, 1.807) is 0 Å². The van der Waals surface area contributed by atoms with E-state index in [1.165, 1.54) is 19.3 Å².